The molecule has 0 saturated carbocycles. The minimum absolute atomic E-state index is 0.00542. The van der Waals surface area contributed by atoms with Gasteiger partial charge >= 0.3 is 0 Å². The first-order valence-corrected chi connectivity index (χ1v) is 51.8. The summed E-state index contributed by atoms with van der Waals surface area (Å²) in [5.74, 6) is 12.1. The smallest absolute Gasteiger partial charge is 0.225 e. The summed E-state index contributed by atoms with van der Waals surface area (Å²) in [7, 11) is 15.8. The lowest BCUT2D eigenvalue weighted by atomic mass is 10.0. The van der Waals surface area contributed by atoms with Gasteiger partial charge in [0.25, 0.3) is 0 Å². The van der Waals surface area contributed by atoms with E-state index in [2.05, 4.69) is 140 Å². The number of hydrogen-bond donors (Lipinski definition) is 5. The van der Waals surface area contributed by atoms with E-state index in [9.17, 15) is 65.4 Å². The maximum atomic E-state index is 11.7. The number of methoxy groups -OCH3 is 2. The Balaban J connectivity index is -0.000000150. The number of likely N-dealkylation sites (N-methyl/N-ethyl adjacent to an activating group) is 2. The molecule has 5 N–H and O–H groups in total. The minimum Gasteiger partial charge on any atom is -0.383 e. The second kappa shape index (κ2) is 86.0. The molecule has 4 rings (SSSR count). The molecule has 1 unspecified atom stereocenters. The first kappa shape index (κ1) is 144. The van der Waals surface area contributed by atoms with Gasteiger partial charge in [-0.2, -0.15) is 0 Å². The summed E-state index contributed by atoms with van der Waals surface area (Å²) in [5.41, 5.74) is 0. The Morgan fingerprint density at radius 2 is 0.792 bits per heavy atom. The molecule has 778 valence electrons. The summed E-state index contributed by atoms with van der Waals surface area (Å²) in [5, 5.41) is 13.7. The summed E-state index contributed by atoms with van der Waals surface area (Å²) in [6.07, 6.45) is 3.63. The fourth-order valence-electron chi connectivity index (χ4n) is 10.1. The molecule has 4 aliphatic rings. The lowest BCUT2D eigenvalue weighted by Crippen LogP contribution is -2.50. The summed E-state index contributed by atoms with van der Waals surface area (Å²) in [4.78, 5) is 138. The first-order valence-electron chi connectivity index (χ1n) is 47.7. The summed E-state index contributed by atoms with van der Waals surface area (Å²) >= 11 is 0. The molecule has 4 saturated heterocycles. The molecule has 30 nitrogen and oxygen atoms in total. The van der Waals surface area contributed by atoms with Gasteiger partial charge in [0.15, 0.2) is 0 Å². The van der Waals surface area contributed by atoms with Crippen LogP contribution in [0.25, 0.3) is 0 Å². The van der Waals surface area contributed by atoms with Crippen molar-refractivity contribution in [3.63, 3.8) is 0 Å². The Morgan fingerprint density at radius 3 is 1.01 bits per heavy atom. The van der Waals surface area contributed by atoms with E-state index in [1.807, 2.05) is 165 Å². The predicted octanol–water partition coefficient (Wildman–Crippen LogP) is 11.4. The molecular formula is C98H208N14O16S2. The normalized spacial score (nSPS) is 14.3. The van der Waals surface area contributed by atoms with Crippen LogP contribution in [0.15, 0.2) is 0 Å². The number of rotatable bonds is 29. The number of Topliss-reactive ketones (excluding diaryl/α,β-unsaturated/α-hetero) is 1. The zero-order chi connectivity index (χ0) is 104. The van der Waals surface area contributed by atoms with E-state index >= 15 is 0 Å². The van der Waals surface area contributed by atoms with Crippen molar-refractivity contribution in [3.05, 3.63) is 0 Å². The highest BCUT2D eigenvalue weighted by Gasteiger charge is 2.29. The number of amides is 10. The first-order chi connectivity index (χ1) is 59.4. The van der Waals surface area contributed by atoms with E-state index in [-0.39, 0.29) is 119 Å². The molecule has 4 heterocycles. The van der Waals surface area contributed by atoms with Crippen LogP contribution in [0.4, 0.5) is 0 Å². The van der Waals surface area contributed by atoms with E-state index in [1.165, 1.54) is 26.3 Å². The van der Waals surface area contributed by atoms with E-state index in [0.29, 0.717) is 80.5 Å². The third kappa shape index (κ3) is 99.6. The monoisotopic (exact) mass is 1900 g/mol. The number of ketones is 1. The Labute approximate surface area is 799 Å². The molecule has 0 spiro atoms. The molecular weight excluding hydrogens is 1690 g/mol. The summed E-state index contributed by atoms with van der Waals surface area (Å²) in [6, 6.07) is 0. The molecule has 0 aromatic rings. The van der Waals surface area contributed by atoms with Crippen LogP contribution in [0.1, 0.15) is 241 Å². The third-order valence-electron chi connectivity index (χ3n) is 18.7. The highest BCUT2D eigenvalue weighted by Crippen LogP contribution is 2.18. The number of likely N-dealkylation sites (tertiary alicyclic amines) is 2. The SMILES string of the molecule is C=S1(=O)CCN(C(=O)C(C)C)CC1.CC(=O)C(C)C.CC(=O)NCC(C)C.CC(C)C(=O)N(C)C.CC(C)C(=O)N1CCN(C)CC1.CC(C)C(=O)NCCN(C)C.CC(C)C(=O)NCCS(C)(=O)=O.CC(C)CN(C)C.CC1CCN(C(=O)C(C)C)C1.CC1CN(C(=O)C(C)C)C1.CCC(C)C.CNC(=O)C(C)C.CNCC(C)C.COCCN(CCOC)C(=O)C(C)C. The van der Waals surface area contributed by atoms with Crippen LogP contribution >= 0.6 is 0 Å². The van der Waals surface area contributed by atoms with Gasteiger partial charge in [-0.3, -0.25) is 56.9 Å². The van der Waals surface area contributed by atoms with Crippen LogP contribution < -0.4 is 26.6 Å². The molecule has 1 atom stereocenters. The second-order valence-electron chi connectivity index (χ2n) is 39.4. The average Bonchev–Trinajstić information content (AvgIpc) is 1.11. The Hall–Kier alpha value is -5.90. The van der Waals surface area contributed by atoms with Crippen LogP contribution in [0.5, 0.6) is 0 Å². The van der Waals surface area contributed by atoms with Gasteiger partial charge in [-0.1, -0.05) is 221 Å². The number of nitrogens with zero attached hydrogens (tertiary/aromatic N) is 9. The molecule has 0 bridgehead atoms. The fraction of sp³-hybridized carbons (Fsp3) is 0.878. The molecule has 130 heavy (non-hydrogen) atoms. The Bertz CT molecular complexity index is 3080. The van der Waals surface area contributed by atoms with Crippen molar-refractivity contribution in [1.29, 1.82) is 0 Å². The highest BCUT2D eigenvalue weighted by molar-refractivity contribution is 8.00. The van der Waals surface area contributed by atoms with Crippen molar-refractivity contribution in [2.45, 2.75) is 241 Å². The van der Waals surface area contributed by atoms with Crippen molar-refractivity contribution in [1.82, 2.24) is 70.7 Å². The van der Waals surface area contributed by atoms with Gasteiger partial charge < -0.3 is 80.2 Å². The number of nitrogens with one attached hydrogen (secondary N) is 5. The largest absolute Gasteiger partial charge is 0.383 e. The fourth-order valence-corrected chi connectivity index (χ4v) is 11.8. The molecule has 0 aromatic carbocycles. The van der Waals surface area contributed by atoms with E-state index in [0.717, 1.165) is 108 Å². The van der Waals surface area contributed by atoms with Crippen LogP contribution in [0, 0.1) is 94.7 Å². The number of ether oxygens (including phenoxy) is 2. The minimum atomic E-state index is -2.96. The predicted molar refractivity (Wildman–Crippen MR) is 549 cm³/mol. The summed E-state index contributed by atoms with van der Waals surface area (Å²) < 4.78 is 42.7. The molecule has 10 amide bonds. The van der Waals surface area contributed by atoms with Crippen LogP contribution in [0.3, 0.4) is 0 Å². The standard InChI is InChI=1S/C10H21NO3.C9H18N2O.C9H17NO2S.C9H17NO.C8H18N2O.C8H15NO.C7H15NO3S.2C6H13NO.C6H15N.C5H11NO.C5H13N.C5H10O.C5H12/c1-9(2)10(12)11(5-7-13-3)6-8-14-4;1-8(2)9(12)11-6-4-10(3)5-7-11;1-8(2)9(11)10-4-6-13(3,12)7-5-10;1-7(2)9(11)10-5-4-8(3)6-10;1-7(2)8(11)9-5-6-10(3)4;1-6(2)8(10)9-4-7(3)5-9;1-6(2)7(9)8-4-5-12(3,10)11;1-5(2)6(8)7(3)4;1-5(2)4-7-6(3)8;1-6(2)5-7(3)4;1-4(2)5(7)6-3;1-5(2)4-6-3;1-4(2)5(3)6;1-4-5(2)3/h9H,5-8H2,1-4H3;8H,4-7H2,1-3H3;8H,3-7H2,1-2H3;7-8H,4-6H2,1-3H3;7H,5-6H2,1-4H3,(H,9,11);6-7H,4-5H2,1-3H3;6H,4-5H2,1-3H3,(H,8,9);5H,1-4H3;5H,4H2,1-3H3,(H,7,8);6H,5H2,1-4H3;4H,1-3H3,(H,6,7);5-6H,4H2,1-3H3;4H,1-3H3;5H,4H2,1-3H3. The van der Waals surface area contributed by atoms with E-state index < -0.39 is 19.4 Å². The third-order valence-corrected chi connectivity index (χ3v) is 21.5. The molecule has 0 radical (unpaired) electrons. The van der Waals surface area contributed by atoms with Crippen molar-refractivity contribution < 1.29 is 74.8 Å². The van der Waals surface area contributed by atoms with Crippen molar-refractivity contribution in [3.8, 4) is 0 Å². The van der Waals surface area contributed by atoms with Gasteiger partial charge in [-0.05, 0) is 120 Å². The number of carbonyl (C=O) groups excluding carboxylic acids is 11. The zero-order valence-electron chi connectivity index (χ0n) is 92.0. The summed E-state index contributed by atoms with van der Waals surface area (Å²) in [6.45, 7) is 81.3. The number of carbonyl (C=O) groups is 11. The quantitative estimate of drug-likeness (QED) is 0.0434. The molecule has 32 heteroatoms. The van der Waals surface area contributed by atoms with Gasteiger partial charge in [0.05, 0.1) is 19.0 Å². The molecule has 0 aliphatic carbocycles. The second-order valence-corrected chi connectivity index (χ2v) is 44.4. The zero-order valence-corrected chi connectivity index (χ0v) is 93.6. The molecule has 0 aromatic heterocycles. The lowest BCUT2D eigenvalue weighted by molar-refractivity contribution is -0.140. The van der Waals surface area contributed by atoms with Crippen LogP contribution in [-0.4, -0.2) is 360 Å². The van der Waals surface area contributed by atoms with E-state index in [1.54, 1.807) is 70.8 Å². The average molecular weight is 1900 g/mol. The maximum Gasteiger partial charge on any atom is 0.225 e. The Kier molecular flexibility index (Phi) is 95.5. The van der Waals surface area contributed by atoms with Crippen molar-refractivity contribution in [2.24, 2.45) is 94.7 Å². The van der Waals surface area contributed by atoms with Crippen LogP contribution in [0.2, 0.25) is 0 Å². The topological polar surface area (TPSA) is 347 Å². The van der Waals surface area contributed by atoms with E-state index in [4.69, 9.17) is 9.47 Å². The Morgan fingerprint density at radius 1 is 0.438 bits per heavy atom. The van der Waals surface area contributed by atoms with Crippen LogP contribution in [-0.2, 0) is 81.6 Å². The van der Waals surface area contributed by atoms with Gasteiger partial charge in [0.2, 0.25) is 59.1 Å². The lowest BCUT2D eigenvalue weighted by Gasteiger charge is -2.38. The van der Waals surface area contributed by atoms with Gasteiger partial charge in [-0.25, -0.2) is 8.42 Å². The highest BCUT2D eigenvalue weighted by atomic mass is 32.2. The number of hydrogen-bond acceptors (Lipinski definition) is 20. The van der Waals surface area contributed by atoms with Gasteiger partial charge in [0, 0.05) is 224 Å². The van der Waals surface area contributed by atoms with Crippen molar-refractivity contribution >= 4 is 90.1 Å². The molecule has 4 fully saturated rings. The number of piperazine rings is 1. The maximum absolute atomic E-state index is 11.7. The van der Waals surface area contributed by atoms with Gasteiger partial charge in [0.1, 0.15) is 15.6 Å². The van der Waals surface area contributed by atoms with Crippen molar-refractivity contribution in [2.75, 3.05) is 232 Å². The molecule has 4 aliphatic heterocycles. The van der Waals surface area contributed by atoms with Gasteiger partial charge in [-0.15, -0.1) is 0 Å². The number of sulfone groups is 1.